The molecule has 73 valence electrons. The Bertz CT molecular complexity index is 319. The van der Waals surface area contributed by atoms with Crippen LogP contribution in [0.3, 0.4) is 0 Å². The van der Waals surface area contributed by atoms with Crippen LogP contribution in [0.2, 0.25) is 0 Å². The fourth-order valence-corrected chi connectivity index (χ4v) is 2.52. The zero-order valence-electron chi connectivity index (χ0n) is 8.38. The molecular weight excluding hydrogens is 172 g/mol. The highest BCUT2D eigenvalue weighted by molar-refractivity contribution is 5.51. The lowest BCUT2D eigenvalue weighted by atomic mass is 9.88. The van der Waals surface area contributed by atoms with Crippen molar-refractivity contribution >= 4 is 0 Å². The van der Waals surface area contributed by atoms with Crippen molar-refractivity contribution in [3.63, 3.8) is 0 Å². The van der Waals surface area contributed by atoms with E-state index in [1.54, 1.807) is 0 Å². The molecule has 14 heavy (non-hydrogen) atoms. The summed E-state index contributed by atoms with van der Waals surface area (Å²) in [5.41, 5.74) is 4.33. The number of benzene rings is 1. The summed E-state index contributed by atoms with van der Waals surface area (Å²) in [6.07, 6.45) is 8.49. The Morgan fingerprint density at radius 3 is 3.00 bits per heavy atom. The molecule has 0 saturated heterocycles. The highest BCUT2D eigenvalue weighted by Crippen LogP contribution is 2.36. The van der Waals surface area contributed by atoms with Gasteiger partial charge in [0, 0.05) is 0 Å². The van der Waals surface area contributed by atoms with Crippen molar-refractivity contribution < 1.29 is 4.74 Å². The Labute approximate surface area is 85.1 Å². The van der Waals surface area contributed by atoms with Gasteiger partial charge in [-0.2, -0.15) is 0 Å². The average molecular weight is 187 g/mol. The summed E-state index contributed by atoms with van der Waals surface area (Å²) < 4.78 is 5.79. The first-order valence-corrected chi connectivity index (χ1v) is 5.56. The molecule has 1 heteroatoms. The molecule has 0 saturated carbocycles. The van der Waals surface area contributed by atoms with E-state index in [9.17, 15) is 0 Å². The van der Waals surface area contributed by atoms with Crippen LogP contribution in [0, 0.1) is 6.42 Å². The van der Waals surface area contributed by atoms with E-state index < -0.39 is 0 Å². The predicted molar refractivity (Wildman–Crippen MR) is 56.6 cm³/mol. The third kappa shape index (κ3) is 1.23. The Kier molecular flexibility index (Phi) is 1.97. The van der Waals surface area contributed by atoms with Crippen LogP contribution >= 0.6 is 0 Å². The van der Waals surface area contributed by atoms with E-state index in [1.165, 1.54) is 48.1 Å². The summed E-state index contributed by atoms with van der Waals surface area (Å²) in [4.78, 5) is 0. The van der Waals surface area contributed by atoms with Crippen LogP contribution in [-0.2, 0) is 12.8 Å². The summed E-state index contributed by atoms with van der Waals surface area (Å²) in [6.45, 7) is 0.865. The van der Waals surface area contributed by atoms with Crippen LogP contribution in [0.15, 0.2) is 12.1 Å². The first kappa shape index (κ1) is 8.34. The van der Waals surface area contributed by atoms with Crippen molar-refractivity contribution in [2.45, 2.75) is 32.1 Å². The highest BCUT2D eigenvalue weighted by Gasteiger charge is 2.19. The van der Waals surface area contributed by atoms with Crippen LogP contribution in [-0.4, -0.2) is 6.61 Å². The SMILES string of the molecule is [CH]1CCOc2c1ccc1c2CCCC1. The molecule has 1 nitrogen and oxygen atoms in total. The third-order valence-corrected chi connectivity index (χ3v) is 3.24. The van der Waals surface area contributed by atoms with E-state index in [-0.39, 0.29) is 0 Å². The molecule has 2 aliphatic rings. The third-order valence-electron chi connectivity index (χ3n) is 3.24. The molecule has 1 aliphatic carbocycles. The van der Waals surface area contributed by atoms with Gasteiger partial charge in [-0.1, -0.05) is 12.1 Å². The van der Waals surface area contributed by atoms with Gasteiger partial charge in [-0.25, -0.2) is 0 Å². The van der Waals surface area contributed by atoms with Crippen LogP contribution in [0.1, 0.15) is 36.0 Å². The summed E-state index contributed by atoms with van der Waals surface area (Å²) in [5.74, 6) is 1.19. The Morgan fingerprint density at radius 1 is 1.07 bits per heavy atom. The zero-order valence-corrected chi connectivity index (χ0v) is 8.38. The van der Waals surface area contributed by atoms with Crippen LogP contribution < -0.4 is 4.74 Å². The van der Waals surface area contributed by atoms with Gasteiger partial charge in [-0.15, -0.1) is 0 Å². The molecular formula is C13H15O. The molecule has 3 rings (SSSR count). The minimum absolute atomic E-state index is 0.865. The maximum atomic E-state index is 5.79. The van der Waals surface area contributed by atoms with Gasteiger partial charge in [0.1, 0.15) is 5.75 Å². The summed E-state index contributed by atoms with van der Waals surface area (Å²) in [7, 11) is 0. The predicted octanol–water partition coefficient (Wildman–Crippen LogP) is 2.90. The van der Waals surface area contributed by atoms with Crippen LogP contribution in [0.5, 0.6) is 5.75 Å². The van der Waals surface area contributed by atoms with Gasteiger partial charge < -0.3 is 4.74 Å². The monoisotopic (exact) mass is 187 g/mol. The van der Waals surface area contributed by atoms with E-state index >= 15 is 0 Å². The number of aryl methyl sites for hydroxylation is 1. The molecule has 0 bridgehead atoms. The number of hydrogen-bond acceptors (Lipinski definition) is 1. The number of hydrogen-bond donors (Lipinski definition) is 0. The largest absolute Gasteiger partial charge is 0.493 e. The molecule has 0 unspecified atom stereocenters. The molecule has 0 aromatic heterocycles. The van der Waals surface area contributed by atoms with Crippen molar-refractivity contribution in [2.24, 2.45) is 0 Å². The van der Waals surface area contributed by atoms with Crippen LogP contribution in [0.25, 0.3) is 0 Å². The molecule has 1 heterocycles. The minimum Gasteiger partial charge on any atom is -0.493 e. The fraction of sp³-hybridized carbons (Fsp3) is 0.462. The lowest BCUT2D eigenvalue weighted by molar-refractivity contribution is 0.301. The minimum atomic E-state index is 0.865. The molecule has 1 radical (unpaired) electrons. The van der Waals surface area contributed by atoms with E-state index in [0.717, 1.165) is 13.0 Å². The molecule has 1 aromatic rings. The van der Waals surface area contributed by atoms with Gasteiger partial charge in [0.15, 0.2) is 0 Å². The second kappa shape index (κ2) is 3.30. The van der Waals surface area contributed by atoms with Crippen LogP contribution in [0.4, 0.5) is 0 Å². The van der Waals surface area contributed by atoms with E-state index in [0.29, 0.717) is 0 Å². The normalized spacial score (nSPS) is 19.4. The first-order valence-electron chi connectivity index (χ1n) is 5.56. The molecule has 1 aromatic carbocycles. The standard InChI is InChI=1S/C13H15O/c1-2-6-12-10(4-1)7-8-11-5-3-9-14-13(11)12/h5,7-8H,1-4,6,9H2. The number of fused-ring (bicyclic) bond motifs is 3. The Balaban J connectivity index is 2.12. The molecule has 0 fully saturated rings. The summed E-state index contributed by atoms with van der Waals surface area (Å²) in [5, 5.41) is 0. The maximum Gasteiger partial charge on any atom is 0.126 e. The molecule has 0 N–H and O–H groups in total. The smallest absolute Gasteiger partial charge is 0.126 e. The number of rotatable bonds is 0. The second-order valence-corrected chi connectivity index (χ2v) is 4.17. The molecule has 1 aliphatic heterocycles. The molecule has 0 spiro atoms. The summed E-state index contributed by atoms with van der Waals surface area (Å²) in [6, 6.07) is 4.51. The van der Waals surface area contributed by atoms with Crippen molar-refractivity contribution in [3.8, 4) is 5.75 Å². The van der Waals surface area contributed by atoms with Gasteiger partial charge in [0.25, 0.3) is 0 Å². The Hall–Kier alpha value is -0.980. The lowest BCUT2D eigenvalue weighted by Gasteiger charge is -2.25. The molecule has 0 amide bonds. The van der Waals surface area contributed by atoms with Gasteiger partial charge in [0.2, 0.25) is 0 Å². The number of ether oxygens (including phenoxy) is 1. The lowest BCUT2D eigenvalue weighted by Crippen LogP contribution is -2.13. The van der Waals surface area contributed by atoms with Gasteiger partial charge >= 0.3 is 0 Å². The van der Waals surface area contributed by atoms with Crippen molar-refractivity contribution in [1.82, 2.24) is 0 Å². The second-order valence-electron chi connectivity index (χ2n) is 4.17. The van der Waals surface area contributed by atoms with Crippen molar-refractivity contribution in [3.05, 3.63) is 35.2 Å². The average Bonchev–Trinajstić information content (AvgIpc) is 2.29. The van der Waals surface area contributed by atoms with E-state index in [1.807, 2.05) is 0 Å². The summed E-state index contributed by atoms with van der Waals surface area (Å²) >= 11 is 0. The van der Waals surface area contributed by atoms with E-state index in [4.69, 9.17) is 4.74 Å². The maximum absolute atomic E-state index is 5.79. The van der Waals surface area contributed by atoms with Gasteiger partial charge in [-0.05, 0) is 55.2 Å². The highest BCUT2D eigenvalue weighted by atomic mass is 16.5. The van der Waals surface area contributed by atoms with Crippen molar-refractivity contribution in [2.75, 3.05) is 6.61 Å². The van der Waals surface area contributed by atoms with Crippen molar-refractivity contribution in [1.29, 1.82) is 0 Å². The van der Waals surface area contributed by atoms with E-state index in [2.05, 4.69) is 18.6 Å². The fourth-order valence-electron chi connectivity index (χ4n) is 2.52. The first-order chi connectivity index (χ1) is 6.95. The van der Waals surface area contributed by atoms with Gasteiger partial charge in [-0.3, -0.25) is 0 Å². The van der Waals surface area contributed by atoms with Gasteiger partial charge in [0.05, 0.1) is 6.61 Å². The molecule has 0 atom stereocenters. The zero-order chi connectivity index (χ0) is 9.38. The quantitative estimate of drug-likeness (QED) is 0.607. The Morgan fingerprint density at radius 2 is 2.00 bits per heavy atom. The topological polar surface area (TPSA) is 9.23 Å².